The van der Waals surface area contributed by atoms with Gasteiger partial charge in [-0.2, -0.15) is 0 Å². The molecule has 1 unspecified atom stereocenters. The van der Waals surface area contributed by atoms with E-state index in [9.17, 15) is 4.79 Å². The number of hydrogen-bond acceptors (Lipinski definition) is 2. The maximum Gasteiger partial charge on any atom is 0.224 e. The molecule has 0 radical (unpaired) electrons. The van der Waals surface area contributed by atoms with Crippen molar-refractivity contribution in [2.45, 2.75) is 12.8 Å². The van der Waals surface area contributed by atoms with Crippen molar-refractivity contribution in [2.24, 2.45) is 5.73 Å². The SMILES string of the molecule is COc1ccc2cc(C(C)C(N)=O)ccc2c1Br. The third-order valence-corrected chi connectivity index (χ3v) is 3.91. The number of halogens is 1. The molecule has 0 aliphatic rings. The number of rotatable bonds is 3. The molecular weight excluding hydrogens is 294 g/mol. The maximum absolute atomic E-state index is 11.2. The molecular formula is C14H14BrNO2. The highest BCUT2D eigenvalue weighted by Gasteiger charge is 2.13. The lowest BCUT2D eigenvalue weighted by Gasteiger charge is -2.11. The van der Waals surface area contributed by atoms with Gasteiger partial charge in [0.05, 0.1) is 17.5 Å². The molecule has 4 heteroatoms. The first-order chi connectivity index (χ1) is 8.54. The van der Waals surface area contributed by atoms with Crippen LogP contribution in [0.2, 0.25) is 0 Å². The number of carbonyl (C=O) groups excluding carboxylic acids is 1. The molecule has 2 aromatic carbocycles. The molecule has 2 rings (SSSR count). The Labute approximate surface area is 114 Å². The van der Waals surface area contributed by atoms with Gasteiger partial charge in [-0.15, -0.1) is 0 Å². The van der Waals surface area contributed by atoms with Gasteiger partial charge in [0.15, 0.2) is 0 Å². The molecule has 94 valence electrons. The van der Waals surface area contributed by atoms with Gasteiger partial charge in [-0.3, -0.25) is 4.79 Å². The number of fused-ring (bicyclic) bond motifs is 1. The number of hydrogen-bond donors (Lipinski definition) is 1. The molecule has 2 N–H and O–H groups in total. The lowest BCUT2D eigenvalue weighted by atomic mass is 9.97. The van der Waals surface area contributed by atoms with E-state index in [0.29, 0.717) is 0 Å². The predicted octanol–water partition coefficient (Wildman–Crippen LogP) is 3.20. The average molecular weight is 308 g/mol. The summed E-state index contributed by atoms with van der Waals surface area (Å²) in [6, 6.07) is 9.73. The van der Waals surface area contributed by atoms with Gasteiger partial charge in [0.1, 0.15) is 5.75 Å². The summed E-state index contributed by atoms with van der Waals surface area (Å²) < 4.78 is 6.17. The van der Waals surface area contributed by atoms with Crippen molar-refractivity contribution in [3.8, 4) is 5.75 Å². The molecule has 0 aliphatic carbocycles. The summed E-state index contributed by atoms with van der Waals surface area (Å²) in [7, 11) is 1.63. The largest absolute Gasteiger partial charge is 0.496 e. The Morgan fingerprint density at radius 1 is 1.33 bits per heavy atom. The highest BCUT2D eigenvalue weighted by Crippen LogP contribution is 2.34. The van der Waals surface area contributed by atoms with E-state index in [0.717, 1.165) is 26.6 Å². The van der Waals surface area contributed by atoms with Gasteiger partial charge in [-0.05, 0) is 45.3 Å². The molecule has 0 aliphatic heterocycles. The molecule has 3 nitrogen and oxygen atoms in total. The van der Waals surface area contributed by atoms with Crippen LogP contribution in [0.15, 0.2) is 34.8 Å². The third-order valence-electron chi connectivity index (χ3n) is 3.09. The molecule has 0 heterocycles. The van der Waals surface area contributed by atoms with Crippen molar-refractivity contribution in [1.29, 1.82) is 0 Å². The number of methoxy groups -OCH3 is 1. The Balaban J connectivity index is 2.57. The summed E-state index contributed by atoms with van der Waals surface area (Å²) in [5.41, 5.74) is 6.24. The molecule has 0 saturated heterocycles. The summed E-state index contributed by atoms with van der Waals surface area (Å²) in [5, 5.41) is 2.10. The standard InChI is InChI=1S/C14H14BrNO2/c1-8(14(16)17)9-3-5-11-10(7-9)4-6-12(18-2)13(11)15/h3-8H,1-2H3,(H2,16,17). The van der Waals surface area contributed by atoms with E-state index in [-0.39, 0.29) is 11.8 Å². The fourth-order valence-electron chi connectivity index (χ4n) is 1.88. The Morgan fingerprint density at radius 2 is 2.06 bits per heavy atom. The van der Waals surface area contributed by atoms with Crippen molar-refractivity contribution in [2.75, 3.05) is 7.11 Å². The van der Waals surface area contributed by atoms with Crippen LogP contribution in [-0.4, -0.2) is 13.0 Å². The Morgan fingerprint density at radius 3 is 2.67 bits per heavy atom. The number of amides is 1. The predicted molar refractivity (Wildman–Crippen MR) is 75.8 cm³/mol. The van der Waals surface area contributed by atoms with Gasteiger partial charge in [-0.25, -0.2) is 0 Å². The first-order valence-electron chi connectivity index (χ1n) is 5.60. The molecule has 18 heavy (non-hydrogen) atoms. The fourth-order valence-corrected chi connectivity index (χ4v) is 2.54. The van der Waals surface area contributed by atoms with Crippen molar-refractivity contribution in [3.63, 3.8) is 0 Å². The van der Waals surface area contributed by atoms with Crippen LogP contribution in [0.5, 0.6) is 5.75 Å². The zero-order chi connectivity index (χ0) is 13.3. The van der Waals surface area contributed by atoms with Crippen LogP contribution in [-0.2, 0) is 4.79 Å². The van der Waals surface area contributed by atoms with Crippen LogP contribution >= 0.6 is 15.9 Å². The molecule has 0 saturated carbocycles. The van der Waals surface area contributed by atoms with Gasteiger partial charge < -0.3 is 10.5 Å². The second-order valence-corrected chi connectivity index (χ2v) is 4.98. The average Bonchev–Trinajstić information content (AvgIpc) is 2.37. The van der Waals surface area contributed by atoms with E-state index in [1.54, 1.807) is 7.11 Å². The van der Waals surface area contributed by atoms with Crippen LogP contribution in [0.3, 0.4) is 0 Å². The van der Waals surface area contributed by atoms with E-state index in [2.05, 4.69) is 15.9 Å². The lowest BCUT2D eigenvalue weighted by Crippen LogP contribution is -2.18. The summed E-state index contributed by atoms with van der Waals surface area (Å²) >= 11 is 3.52. The molecule has 1 atom stereocenters. The Kier molecular flexibility index (Phi) is 3.57. The molecule has 2 aromatic rings. The maximum atomic E-state index is 11.2. The summed E-state index contributed by atoms with van der Waals surface area (Å²) in [4.78, 5) is 11.2. The van der Waals surface area contributed by atoms with E-state index in [1.165, 1.54) is 0 Å². The topological polar surface area (TPSA) is 52.3 Å². The highest BCUT2D eigenvalue weighted by molar-refractivity contribution is 9.10. The zero-order valence-corrected chi connectivity index (χ0v) is 11.8. The van der Waals surface area contributed by atoms with Crippen molar-refractivity contribution >= 4 is 32.6 Å². The van der Waals surface area contributed by atoms with Crippen molar-refractivity contribution in [1.82, 2.24) is 0 Å². The first kappa shape index (κ1) is 12.9. The highest BCUT2D eigenvalue weighted by atomic mass is 79.9. The van der Waals surface area contributed by atoms with E-state index in [1.807, 2.05) is 37.3 Å². The molecule has 0 spiro atoms. The van der Waals surface area contributed by atoms with Crippen LogP contribution in [0.1, 0.15) is 18.4 Å². The fraction of sp³-hybridized carbons (Fsp3) is 0.214. The van der Waals surface area contributed by atoms with Gasteiger partial charge >= 0.3 is 0 Å². The number of carbonyl (C=O) groups is 1. The Hall–Kier alpha value is -1.55. The van der Waals surface area contributed by atoms with Crippen LogP contribution < -0.4 is 10.5 Å². The van der Waals surface area contributed by atoms with Crippen LogP contribution in [0.4, 0.5) is 0 Å². The minimum Gasteiger partial charge on any atom is -0.496 e. The molecule has 0 fully saturated rings. The minimum atomic E-state index is -0.318. The molecule has 1 amide bonds. The van der Waals surface area contributed by atoms with E-state index < -0.39 is 0 Å². The smallest absolute Gasteiger partial charge is 0.224 e. The van der Waals surface area contributed by atoms with Gasteiger partial charge in [0.2, 0.25) is 5.91 Å². The zero-order valence-electron chi connectivity index (χ0n) is 10.2. The second kappa shape index (κ2) is 4.98. The molecule has 0 aromatic heterocycles. The summed E-state index contributed by atoms with van der Waals surface area (Å²) in [6.45, 7) is 1.81. The third kappa shape index (κ3) is 2.20. The van der Waals surface area contributed by atoms with Crippen molar-refractivity contribution in [3.05, 3.63) is 40.4 Å². The minimum absolute atomic E-state index is 0.282. The molecule has 0 bridgehead atoms. The second-order valence-electron chi connectivity index (χ2n) is 4.19. The van der Waals surface area contributed by atoms with Crippen LogP contribution in [0, 0.1) is 0 Å². The van der Waals surface area contributed by atoms with Crippen molar-refractivity contribution < 1.29 is 9.53 Å². The summed E-state index contributed by atoms with van der Waals surface area (Å²) in [5.74, 6) is 0.190. The lowest BCUT2D eigenvalue weighted by molar-refractivity contribution is -0.119. The van der Waals surface area contributed by atoms with Gasteiger partial charge in [-0.1, -0.05) is 24.3 Å². The van der Waals surface area contributed by atoms with E-state index >= 15 is 0 Å². The number of nitrogens with two attached hydrogens (primary N) is 1. The number of primary amides is 1. The van der Waals surface area contributed by atoms with Crippen LogP contribution in [0.25, 0.3) is 10.8 Å². The quantitative estimate of drug-likeness (QED) is 0.946. The summed E-state index contributed by atoms with van der Waals surface area (Å²) in [6.07, 6.45) is 0. The first-order valence-corrected chi connectivity index (χ1v) is 6.39. The number of ether oxygens (including phenoxy) is 1. The normalized spacial score (nSPS) is 12.4. The Bertz CT molecular complexity index is 610. The van der Waals surface area contributed by atoms with E-state index in [4.69, 9.17) is 10.5 Å². The monoisotopic (exact) mass is 307 g/mol. The number of benzene rings is 2. The van der Waals surface area contributed by atoms with Gasteiger partial charge in [0, 0.05) is 0 Å². The van der Waals surface area contributed by atoms with Gasteiger partial charge in [0.25, 0.3) is 0 Å².